The largest absolute Gasteiger partial charge is 0.508 e. The predicted molar refractivity (Wildman–Crippen MR) is 126 cm³/mol. The molecule has 7 N–H and O–H groups in total. The van der Waals surface area contributed by atoms with Crippen molar-refractivity contribution in [3.8, 4) is 5.75 Å². The van der Waals surface area contributed by atoms with Gasteiger partial charge in [-0.15, -0.1) is 0 Å². The van der Waals surface area contributed by atoms with E-state index in [-0.39, 0.29) is 42.2 Å². The van der Waals surface area contributed by atoms with Crippen LogP contribution in [0.4, 0.5) is 5.69 Å². The van der Waals surface area contributed by atoms with E-state index >= 15 is 0 Å². The van der Waals surface area contributed by atoms with E-state index in [2.05, 4.69) is 17.3 Å². The number of aliphatic hydroxyl groups is 3. The number of anilines is 1. The fourth-order valence-corrected chi connectivity index (χ4v) is 6.13. The lowest BCUT2D eigenvalue weighted by molar-refractivity contribution is -0.147. The van der Waals surface area contributed by atoms with Crippen LogP contribution < -0.4 is 11.1 Å². The molecule has 0 spiro atoms. The van der Waals surface area contributed by atoms with Gasteiger partial charge in [-0.05, 0) is 69.4 Å². The Hall–Kier alpha value is -3.37. The average Bonchev–Trinajstić information content (AvgIpc) is 2.79. The number of primary amides is 1. The van der Waals surface area contributed by atoms with Gasteiger partial charge in [0.2, 0.25) is 5.78 Å². The zero-order valence-electron chi connectivity index (χ0n) is 19.4. The number of carbonyl (C=O) groups excluding carboxylic acids is 3. The van der Waals surface area contributed by atoms with Crippen molar-refractivity contribution in [2.75, 3.05) is 25.5 Å². The van der Waals surface area contributed by atoms with Crippen molar-refractivity contribution < 1.29 is 34.8 Å². The molecule has 35 heavy (non-hydrogen) atoms. The molecule has 1 aromatic rings. The molecular formula is C25H29N3O7. The Morgan fingerprint density at radius 1 is 1.14 bits per heavy atom. The molecule has 10 nitrogen and oxygen atoms in total. The van der Waals surface area contributed by atoms with Crippen molar-refractivity contribution in [2.45, 2.75) is 43.7 Å². The molecule has 10 heteroatoms. The lowest BCUT2D eigenvalue weighted by atomic mass is 9.59. The van der Waals surface area contributed by atoms with Gasteiger partial charge in [0.25, 0.3) is 5.91 Å². The number of nitrogens with two attached hydrogens (primary N) is 1. The molecule has 186 valence electrons. The minimum Gasteiger partial charge on any atom is -0.508 e. The summed E-state index contributed by atoms with van der Waals surface area (Å²) in [7, 11) is 2.07. The van der Waals surface area contributed by atoms with Crippen molar-refractivity contribution >= 4 is 28.9 Å². The molecule has 0 unspecified atom stereocenters. The Bertz CT molecular complexity index is 1210. The standard InChI is InChI=1S/C25H29N3O7/c1-28-6-4-13(5-7-28)27-15-2-3-16(29)19-14(15)9-11-8-12-10-17(30)20(24(26)34)23(33)25(12,35)22(32)18(11)21(19)31/h2-3,11-13,27,29,31,33,35H,4-10H2,1H3,(H2,26,34)/t11-,12+,25+/m1/s1. The molecule has 1 saturated heterocycles. The molecule has 1 aromatic carbocycles. The number of fused-ring (bicyclic) bond motifs is 3. The third kappa shape index (κ3) is 3.42. The number of amides is 1. The Labute approximate surface area is 201 Å². The van der Waals surface area contributed by atoms with Crippen LogP contribution in [0.5, 0.6) is 5.75 Å². The number of Topliss-reactive ketones (excluding diaryl/α,β-unsaturated/α-hetero) is 2. The summed E-state index contributed by atoms with van der Waals surface area (Å²) in [6.07, 6.45) is 1.95. The van der Waals surface area contributed by atoms with Crippen LogP contribution in [0.2, 0.25) is 0 Å². The van der Waals surface area contributed by atoms with E-state index in [1.807, 2.05) is 0 Å². The highest BCUT2D eigenvalue weighted by Gasteiger charge is 2.60. The van der Waals surface area contributed by atoms with Crippen LogP contribution >= 0.6 is 0 Å². The first kappa shape index (κ1) is 23.4. The van der Waals surface area contributed by atoms with Gasteiger partial charge in [0.1, 0.15) is 22.8 Å². The van der Waals surface area contributed by atoms with Crippen LogP contribution in [0.25, 0.3) is 5.76 Å². The SMILES string of the molecule is CN1CCC(Nc2ccc(O)c3c2C[C@H]2C[C@H]4CC(=O)C(C(N)=O)=C(O)[C@@]4(O)C(=O)C2=C3O)CC1. The topological polar surface area (TPSA) is 173 Å². The van der Waals surface area contributed by atoms with Crippen molar-refractivity contribution in [2.24, 2.45) is 17.6 Å². The zero-order chi connectivity index (χ0) is 25.2. The Morgan fingerprint density at radius 2 is 1.83 bits per heavy atom. The van der Waals surface area contributed by atoms with Crippen LogP contribution in [-0.2, 0) is 20.8 Å². The van der Waals surface area contributed by atoms with E-state index in [9.17, 15) is 34.8 Å². The molecule has 3 aliphatic carbocycles. The highest BCUT2D eigenvalue weighted by Crippen LogP contribution is 2.52. The zero-order valence-corrected chi connectivity index (χ0v) is 19.4. The smallest absolute Gasteiger partial charge is 0.255 e. The third-order valence-corrected chi connectivity index (χ3v) is 8.03. The molecule has 0 radical (unpaired) electrons. The summed E-state index contributed by atoms with van der Waals surface area (Å²) in [5.41, 5.74) is 3.26. The second-order valence-corrected chi connectivity index (χ2v) is 10.1. The van der Waals surface area contributed by atoms with Gasteiger partial charge < -0.3 is 36.4 Å². The van der Waals surface area contributed by atoms with Gasteiger partial charge in [-0.2, -0.15) is 0 Å². The van der Waals surface area contributed by atoms with Crippen LogP contribution in [-0.4, -0.2) is 74.6 Å². The second-order valence-electron chi connectivity index (χ2n) is 10.1. The number of nitrogens with zero attached hydrogens (tertiary/aromatic N) is 1. The Kier molecular flexibility index (Phi) is 5.41. The van der Waals surface area contributed by atoms with Gasteiger partial charge in [-0.3, -0.25) is 14.4 Å². The number of ketones is 2. The number of aliphatic hydroxyl groups excluding tert-OH is 2. The quantitative estimate of drug-likeness (QED) is 0.270. The Balaban J connectivity index is 1.58. The maximum absolute atomic E-state index is 13.5. The van der Waals surface area contributed by atoms with Crippen LogP contribution in [0.1, 0.15) is 36.8 Å². The van der Waals surface area contributed by atoms with Gasteiger partial charge >= 0.3 is 0 Å². The lowest BCUT2D eigenvalue weighted by Gasteiger charge is -2.46. The molecule has 3 atom stereocenters. The summed E-state index contributed by atoms with van der Waals surface area (Å²) in [4.78, 5) is 40.0. The van der Waals surface area contributed by atoms with E-state index in [0.29, 0.717) is 5.56 Å². The first-order valence-electron chi connectivity index (χ1n) is 11.8. The Morgan fingerprint density at radius 3 is 2.49 bits per heavy atom. The van der Waals surface area contributed by atoms with E-state index < -0.39 is 52.0 Å². The number of likely N-dealkylation sites (tertiary alicyclic amines) is 1. The van der Waals surface area contributed by atoms with Gasteiger partial charge in [-0.25, -0.2) is 0 Å². The molecule has 1 heterocycles. The number of piperidine rings is 1. The molecule has 1 aliphatic heterocycles. The number of nitrogens with one attached hydrogen (secondary N) is 1. The summed E-state index contributed by atoms with van der Waals surface area (Å²) in [5, 5.41) is 47.2. The molecule has 0 aromatic heterocycles. The number of carbonyl (C=O) groups is 3. The number of hydrogen-bond donors (Lipinski definition) is 6. The first-order chi connectivity index (χ1) is 16.5. The molecule has 0 bridgehead atoms. The van der Waals surface area contributed by atoms with Crippen molar-refractivity contribution in [1.82, 2.24) is 4.90 Å². The number of phenols is 1. The molecule has 4 aliphatic rings. The summed E-state index contributed by atoms with van der Waals surface area (Å²) in [6.45, 7) is 1.89. The molecular weight excluding hydrogens is 454 g/mol. The van der Waals surface area contributed by atoms with Crippen molar-refractivity contribution in [1.29, 1.82) is 0 Å². The predicted octanol–water partition coefficient (Wildman–Crippen LogP) is 0.930. The molecule has 5 rings (SSSR count). The maximum atomic E-state index is 13.5. The van der Waals surface area contributed by atoms with Crippen LogP contribution in [0.15, 0.2) is 29.0 Å². The fourth-order valence-electron chi connectivity index (χ4n) is 6.13. The summed E-state index contributed by atoms with van der Waals surface area (Å²) >= 11 is 0. The van der Waals surface area contributed by atoms with E-state index in [1.54, 1.807) is 6.07 Å². The highest BCUT2D eigenvalue weighted by atomic mass is 16.3. The van der Waals surface area contributed by atoms with Crippen LogP contribution in [0.3, 0.4) is 0 Å². The minimum atomic E-state index is -2.55. The molecule has 1 saturated carbocycles. The average molecular weight is 484 g/mol. The van der Waals surface area contributed by atoms with Crippen LogP contribution in [0, 0.1) is 11.8 Å². The normalized spacial score (nSPS) is 29.5. The number of phenolic OH excluding ortho intramolecular Hbond substituents is 1. The van der Waals surface area contributed by atoms with Gasteiger partial charge in [-0.1, -0.05) is 0 Å². The summed E-state index contributed by atoms with van der Waals surface area (Å²) < 4.78 is 0. The lowest BCUT2D eigenvalue weighted by Crippen LogP contribution is -2.58. The monoisotopic (exact) mass is 483 g/mol. The third-order valence-electron chi connectivity index (χ3n) is 8.03. The fraction of sp³-hybridized carbons (Fsp3) is 0.480. The van der Waals surface area contributed by atoms with E-state index in [1.165, 1.54) is 6.07 Å². The number of benzene rings is 1. The highest BCUT2D eigenvalue weighted by molar-refractivity contribution is 6.22. The van der Waals surface area contributed by atoms with Crippen molar-refractivity contribution in [3.63, 3.8) is 0 Å². The number of aromatic hydroxyl groups is 1. The summed E-state index contributed by atoms with van der Waals surface area (Å²) in [5.74, 6) is -6.22. The van der Waals surface area contributed by atoms with Gasteiger partial charge in [0.15, 0.2) is 11.4 Å². The number of hydrogen-bond acceptors (Lipinski definition) is 9. The van der Waals surface area contributed by atoms with Gasteiger partial charge in [0.05, 0.1) is 5.56 Å². The minimum absolute atomic E-state index is 0.107. The first-order valence-corrected chi connectivity index (χ1v) is 11.8. The summed E-state index contributed by atoms with van der Waals surface area (Å²) in [6, 6.07) is 3.42. The van der Waals surface area contributed by atoms with E-state index in [0.717, 1.165) is 31.6 Å². The van der Waals surface area contributed by atoms with Gasteiger partial charge in [0, 0.05) is 29.6 Å². The number of rotatable bonds is 3. The van der Waals surface area contributed by atoms with E-state index in [4.69, 9.17) is 5.73 Å². The van der Waals surface area contributed by atoms with Crippen molar-refractivity contribution in [3.05, 3.63) is 40.2 Å². The second kappa shape index (κ2) is 8.10. The molecule has 1 amide bonds. The maximum Gasteiger partial charge on any atom is 0.255 e. The molecule has 2 fully saturated rings.